The van der Waals surface area contributed by atoms with E-state index in [4.69, 9.17) is 27.5 Å². The van der Waals surface area contributed by atoms with E-state index in [2.05, 4.69) is 121 Å². The molecule has 3 unspecified atom stereocenters. The SMILES string of the molecule is CCCCN(CCC[Si](OCC)(OCC)OCC)c1ccc(Cc2ccc(N(CCCC)CC3CO3)cc2)cc1.CCCCNC(=O)N(CC1CO1)c1ccc(Cc2ccc(N(CC3CO3)C(=O)NCCCC)cc2)cc1. The van der Waals surface area contributed by atoms with Crippen molar-refractivity contribution >= 4 is 43.6 Å². The van der Waals surface area contributed by atoms with Crippen molar-refractivity contribution < 1.29 is 37.1 Å². The molecule has 0 saturated carbocycles. The maximum atomic E-state index is 12.8. The minimum Gasteiger partial charge on any atom is -0.374 e. The zero-order chi connectivity index (χ0) is 54.7. The summed E-state index contributed by atoms with van der Waals surface area (Å²) in [7, 11) is -2.61. The maximum Gasteiger partial charge on any atom is 0.500 e. The first-order valence-corrected chi connectivity index (χ1v) is 31.3. The zero-order valence-electron chi connectivity index (χ0n) is 47.9. The summed E-state index contributed by atoms with van der Waals surface area (Å²) in [6, 6.07) is 35.3. The fourth-order valence-corrected chi connectivity index (χ4v) is 11.9. The van der Waals surface area contributed by atoms with Crippen LogP contribution in [0, 0.1) is 0 Å². The van der Waals surface area contributed by atoms with Crippen LogP contribution in [0.1, 0.15) is 129 Å². The minimum atomic E-state index is -2.61. The standard InChI is InChI=1S/C33H54N2O4Si.C29H40N4O4/c1-6-11-22-34(24-13-25-40(37-8-3,38-9-4)39-10-5)31-18-14-29(15-19-31)26-30-16-20-32(21-17-30)35(23-12-7-2)27-33-28-36-33;1-3-5-15-30-28(34)32(18-26-20-36-26)24-11-7-22(8-12-24)17-23-9-13-25(14-10-23)33(19-27-21-37-27)29(35)31-16-6-4-2/h14-21,33H,6-13,22-28H2,1-5H3;7-14,26-27H,3-6,15-21H2,1-2H3,(H,30,34)(H,31,35). The van der Waals surface area contributed by atoms with Gasteiger partial charge in [0, 0.05) is 87.9 Å². The first-order valence-electron chi connectivity index (χ1n) is 29.4. The Kier molecular flexibility index (Phi) is 26.6. The third-order valence-corrected chi connectivity index (χ3v) is 17.1. The Hall–Kier alpha value is -5.00. The Morgan fingerprint density at radius 1 is 0.455 bits per heavy atom. The number of carbonyl (C=O) groups is 2. The van der Waals surface area contributed by atoms with Crippen LogP contribution >= 0.6 is 0 Å². The van der Waals surface area contributed by atoms with Gasteiger partial charge in [0.25, 0.3) is 0 Å². The topological polar surface area (TPSA) is 136 Å². The molecule has 77 heavy (non-hydrogen) atoms. The highest BCUT2D eigenvalue weighted by atomic mass is 28.4. The van der Waals surface area contributed by atoms with E-state index in [1.54, 1.807) is 9.80 Å². The molecule has 3 aliphatic heterocycles. The Bertz CT molecular complexity index is 2160. The van der Waals surface area contributed by atoms with Crippen LogP contribution in [0.15, 0.2) is 97.1 Å². The van der Waals surface area contributed by atoms with E-state index in [0.717, 1.165) is 106 Å². The number of urea groups is 2. The van der Waals surface area contributed by atoms with Crippen molar-refractivity contribution in [3.8, 4) is 0 Å². The number of benzene rings is 4. The molecule has 7 rings (SSSR count). The quantitative estimate of drug-likeness (QED) is 0.0257. The number of nitrogens with zero attached hydrogens (tertiary/aromatic N) is 4. The van der Waals surface area contributed by atoms with Gasteiger partial charge in [0.2, 0.25) is 0 Å². The average molecular weight is 1080 g/mol. The summed E-state index contributed by atoms with van der Waals surface area (Å²) in [4.78, 5) is 34.1. The third kappa shape index (κ3) is 21.6. The Balaban J connectivity index is 0.000000250. The van der Waals surface area contributed by atoms with Gasteiger partial charge in [-0.1, -0.05) is 102 Å². The van der Waals surface area contributed by atoms with Crippen molar-refractivity contribution in [3.63, 3.8) is 0 Å². The summed E-state index contributed by atoms with van der Waals surface area (Å²) in [5.74, 6) is 0. The molecule has 3 atom stereocenters. The van der Waals surface area contributed by atoms with Crippen LogP contribution in [0.25, 0.3) is 0 Å². The predicted molar refractivity (Wildman–Crippen MR) is 316 cm³/mol. The maximum absolute atomic E-state index is 12.8. The highest BCUT2D eigenvalue weighted by Crippen LogP contribution is 2.27. The Morgan fingerprint density at radius 2 is 0.779 bits per heavy atom. The normalized spacial score (nSPS) is 16.2. The van der Waals surface area contributed by atoms with Gasteiger partial charge in [-0.25, -0.2) is 9.59 Å². The zero-order valence-corrected chi connectivity index (χ0v) is 48.9. The molecule has 424 valence electrons. The number of ether oxygens (including phenoxy) is 3. The minimum absolute atomic E-state index is 0.0767. The van der Waals surface area contributed by atoms with Gasteiger partial charge < -0.3 is 47.9 Å². The van der Waals surface area contributed by atoms with E-state index >= 15 is 0 Å². The molecule has 3 fully saturated rings. The lowest BCUT2D eigenvalue weighted by Crippen LogP contribution is -2.46. The highest BCUT2D eigenvalue weighted by molar-refractivity contribution is 6.60. The molecule has 3 heterocycles. The summed E-state index contributed by atoms with van der Waals surface area (Å²) >= 11 is 0. The number of hydrogen-bond acceptors (Lipinski definition) is 10. The van der Waals surface area contributed by atoms with Crippen molar-refractivity contribution in [3.05, 3.63) is 119 Å². The van der Waals surface area contributed by atoms with Crippen LogP contribution in [0.3, 0.4) is 0 Å². The third-order valence-electron chi connectivity index (χ3n) is 14.0. The summed E-state index contributed by atoms with van der Waals surface area (Å²) in [6.07, 6.45) is 12.2. The van der Waals surface area contributed by atoms with Crippen molar-refractivity contribution in [2.45, 2.75) is 143 Å². The molecule has 0 aromatic heterocycles. The molecule has 0 radical (unpaired) electrons. The summed E-state index contributed by atoms with van der Waals surface area (Å²) in [5, 5.41) is 6.03. The first kappa shape index (κ1) is 61.2. The van der Waals surface area contributed by atoms with E-state index in [9.17, 15) is 9.59 Å². The second-order valence-corrected chi connectivity index (χ2v) is 23.2. The van der Waals surface area contributed by atoms with Crippen LogP contribution < -0.4 is 30.2 Å². The molecular formula is C62H94N6O8Si. The van der Waals surface area contributed by atoms with E-state index in [0.29, 0.717) is 65.3 Å². The molecule has 2 N–H and O–H groups in total. The summed E-state index contributed by atoms with van der Waals surface area (Å²) in [6.45, 7) is 25.6. The van der Waals surface area contributed by atoms with Gasteiger partial charge in [-0.3, -0.25) is 9.80 Å². The van der Waals surface area contributed by atoms with Crippen molar-refractivity contribution in [2.75, 3.05) is 112 Å². The molecule has 0 spiro atoms. The molecule has 0 bridgehead atoms. The number of anilines is 4. The molecular weight excluding hydrogens is 985 g/mol. The Labute approximate surface area is 463 Å². The highest BCUT2D eigenvalue weighted by Gasteiger charge is 2.40. The average Bonchev–Trinajstić information content (AvgIpc) is 4.29. The van der Waals surface area contributed by atoms with Crippen LogP contribution in [0.5, 0.6) is 0 Å². The fourth-order valence-electron chi connectivity index (χ4n) is 9.31. The predicted octanol–water partition coefficient (Wildman–Crippen LogP) is 12.0. The summed E-state index contributed by atoms with van der Waals surface area (Å²) in [5.41, 5.74) is 9.35. The molecule has 15 heteroatoms. The van der Waals surface area contributed by atoms with Crippen molar-refractivity contribution in [2.24, 2.45) is 0 Å². The monoisotopic (exact) mass is 1080 g/mol. The van der Waals surface area contributed by atoms with Gasteiger partial charge in [-0.2, -0.15) is 0 Å². The lowest BCUT2D eigenvalue weighted by atomic mass is 10.0. The van der Waals surface area contributed by atoms with Gasteiger partial charge in [-0.05, 0) is 137 Å². The second kappa shape index (κ2) is 33.4. The van der Waals surface area contributed by atoms with Crippen molar-refractivity contribution in [1.29, 1.82) is 0 Å². The smallest absolute Gasteiger partial charge is 0.374 e. The number of hydrogen-bond donors (Lipinski definition) is 2. The van der Waals surface area contributed by atoms with E-state index in [-0.39, 0.29) is 24.3 Å². The van der Waals surface area contributed by atoms with Gasteiger partial charge in [0.05, 0.1) is 51.2 Å². The molecule has 3 saturated heterocycles. The van der Waals surface area contributed by atoms with E-state index in [1.165, 1.54) is 48.2 Å². The van der Waals surface area contributed by atoms with Crippen LogP contribution in [-0.2, 0) is 40.3 Å². The lowest BCUT2D eigenvalue weighted by Gasteiger charge is -2.30. The Morgan fingerprint density at radius 3 is 1.13 bits per heavy atom. The van der Waals surface area contributed by atoms with Gasteiger partial charge in [0.15, 0.2) is 0 Å². The summed E-state index contributed by atoms with van der Waals surface area (Å²) < 4.78 is 34.5. The van der Waals surface area contributed by atoms with Gasteiger partial charge in [0.1, 0.15) is 0 Å². The van der Waals surface area contributed by atoms with E-state index in [1.807, 2.05) is 45.0 Å². The number of carbonyl (C=O) groups excluding carboxylic acids is 2. The number of epoxide rings is 3. The number of nitrogens with one attached hydrogen (secondary N) is 2. The number of amides is 4. The van der Waals surface area contributed by atoms with Crippen molar-refractivity contribution in [1.82, 2.24) is 10.6 Å². The largest absolute Gasteiger partial charge is 0.500 e. The second-order valence-electron chi connectivity index (χ2n) is 20.5. The molecule has 4 amide bonds. The molecule has 0 aliphatic carbocycles. The van der Waals surface area contributed by atoms with Crippen LogP contribution in [-0.4, -0.2) is 131 Å². The first-order chi connectivity index (χ1) is 37.6. The van der Waals surface area contributed by atoms with E-state index < -0.39 is 8.80 Å². The fraction of sp³-hybridized carbons (Fsp3) is 0.581. The van der Waals surface area contributed by atoms with Gasteiger partial charge in [-0.15, -0.1) is 0 Å². The number of rotatable bonds is 36. The van der Waals surface area contributed by atoms with Crippen LogP contribution in [0.4, 0.5) is 32.3 Å². The molecule has 14 nitrogen and oxygen atoms in total. The molecule has 4 aromatic rings. The number of unbranched alkanes of at least 4 members (excludes halogenated alkanes) is 4. The lowest BCUT2D eigenvalue weighted by molar-refractivity contribution is 0.0709. The molecule has 3 aliphatic rings. The van der Waals surface area contributed by atoms with Gasteiger partial charge >= 0.3 is 20.9 Å². The van der Waals surface area contributed by atoms with Crippen LogP contribution in [0.2, 0.25) is 6.04 Å². The molecule has 4 aromatic carbocycles.